The first-order valence-electron chi connectivity index (χ1n) is 6.82. The molecule has 0 aliphatic carbocycles. The highest BCUT2D eigenvalue weighted by atomic mass is 16.5. The topological polar surface area (TPSA) is 64.3 Å². The van der Waals surface area contributed by atoms with Crippen molar-refractivity contribution in [2.24, 2.45) is 0 Å². The van der Waals surface area contributed by atoms with Crippen molar-refractivity contribution in [1.29, 1.82) is 0 Å². The summed E-state index contributed by atoms with van der Waals surface area (Å²) in [7, 11) is 1.65. The molecule has 1 atom stereocenters. The first kappa shape index (κ1) is 14.5. The Labute approximate surface area is 118 Å². The normalized spacial score (nSPS) is 12.8. The minimum absolute atomic E-state index is 0.00450. The van der Waals surface area contributed by atoms with E-state index in [1.54, 1.807) is 19.2 Å². The second-order valence-electron chi connectivity index (χ2n) is 4.91. The SMILES string of the molecule is CCCc1nc2cccc(C(=O)O)c2n1CC(C)OC. The number of benzene rings is 1. The minimum atomic E-state index is -0.926. The second-order valence-corrected chi connectivity index (χ2v) is 4.91. The number of aromatic nitrogens is 2. The van der Waals surface area contributed by atoms with Gasteiger partial charge in [0.2, 0.25) is 0 Å². The summed E-state index contributed by atoms with van der Waals surface area (Å²) in [6.07, 6.45) is 1.79. The molecule has 0 amide bonds. The van der Waals surface area contributed by atoms with E-state index < -0.39 is 5.97 Å². The van der Waals surface area contributed by atoms with E-state index in [0.29, 0.717) is 17.6 Å². The number of fused-ring (bicyclic) bond motifs is 1. The summed E-state index contributed by atoms with van der Waals surface area (Å²) in [5, 5.41) is 9.37. The van der Waals surface area contributed by atoms with E-state index in [0.717, 1.165) is 24.2 Å². The van der Waals surface area contributed by atoms with Gasteiger partial charge in [-0.2, -0.15) is 0 Å². The highest BCUT2D eigenvalue weighted by Crippen LogP contribution is 2.22. The van der Waals surface area contributed by atoms with E-state index >= 15 is 0 Å². The average molecular weight is 276 g/mol. The molecule has 108 valence electrons. The molecule has 2 aromatic rings. The molecule has 1 aromatic carbocycles. The molecule has 1 unspecified atom stereocenters. The van der Waals surface area contributed by atoms with Gasteiger partial charge in [-0.3, -0.25) is 0 Å². The third kappa shape index (κ3) is 2.67. The lowest BCUT2D eigenvalue weighted by Crippen LogP contribution is -2.17. The van der Waals surface area contributed by atoms with Gasteiger partial charge in [-0.05, 0) is 25.5 Å². The highest BCUT2D eigenvalue weighted by Gasteiger charge is 2.18. The van der Waals surface area contributed by atoms with Crippen LogP contribution in [-0.4, -0.2) is 33.8 Å². The van der Waals surface area contributed by atoms with Crippen LogP contribution < -0.4 is 0 Å². The van der Waals surface area contributed by atoms with Gasteiger partial charge in [0.15, 0.2) is 0 Å². The van der Waals surface area contributed by atoms with Crippen LogP contribution in [0.15, 0.2) is 18.2 Å². The van der Waals surface area contributed by atoms with Crippen molar-refractivity contribution < 1.29 is 14.6 Å². The Morgan fingerprint density at radius 3 is 2.85 bits per heavy atom. The van der Waals surface area contributed by atoms with Gasteiger partial charge in [-0.1, -0.05) is 13.0 Å². The molecule has 20 heavy (non-hydrogen) atoms. The van der Waals surface area contributed by atoms with E-state index in [1.165, 1.54) is 0 Å². The van der Waals surface area contributed by atoms with Crippen LogP contribution >= 0.6 is 0 Å². The molecule has 0 saturated heterocycles. The highest BCUT2D eigenvalue weighted by molar-refractivity contribution is 6.01. The number of rotatable bonds is 6. The van der Waals surface area contributed by atoms with Crippen LogP contribution in [0.5, 0.6) is 0 Å². The van der Waals surface area contributed by atoms with E-state index in [1.807, 2.05) is 17.6 Å². The maximum absolute atomic E-state index is 11.4. The second kappa shape index (κ2) is 6.05. The van der Waals surface area contributed by atoms with Gasteiger partial charge in [-0.15, -0.1) is 0 Å². The summed E-state index contributed by atoms with van der Waals surface area (Å²) >= 11 is 0. The van der Waals surface area contributed by atoms with Gasteiger partial charge < -0.3 is 14.4 Å². The van der Waals surface area contributed by atoms with Crippen LogP contribution in [0.1, 0.15) is 36.5 Å². The number of methoxy groups -OCH3 is 1. The number of hydrogen-bond acceptors (Lipinski definition) is 3. The number of ether oxygens (including phenoxy) is 1. The molecule has 1 heterocycles. The van der Waals surface area contributed by atoms with Gasteiger partial charge in [0, 0.05) is 13.5 Å². The Morgan fingerprint density at radius 1 is 1.50 bits per heavy atom. The molecule has 0 aliphatic heterocycles. The largest absolute Gasteiger partial charge is 0.478 e. The Hall–Kier alpha value is -1.88. The Morgan fingerprint density at radius 2 is 2.25 bits per heavy atom. The lowest BCUT2D eigenvalue weighted by Gasteiger charge is -2.14. The molecule has 0 bridgehead atoms. The van der Waals surface area contributed by atoms with Crippen molar-refractivity contribution in [3.05, 3.63) is 29.6 Å². The van der Waals surface area contributed by atoms with Gasteiger partial charge in [0.05, 0.1) is 29.2 Å². The molecule has 2 rings (SSSR count). The Bertz CT molecular complexity index is 619. The summed E-state index contributed by atoms with van der Waals surface area (Å²) in [6.45, 7) is 4.65. The number of aromatic carboxylic acids is 1. The molecular formula is C15H20N2O3. The maximum Gasteiger partial charge on any atom is 0.337 e. The Balaban J connectivity index is 2.64. The first-order chi connectivity index (χ1) is 9.58. The number of carbonyl (C=O) groups is 1. The fourth-order valence-corrected chi connectivity index (χ4v) is 2.35. The zero-order chi connectivity index (χ0) is 14.7. The molecule has 1 N–H and O–H groups in total. The predicted octanol–water partition coefficient (Wildman–Crippen LogP) is 2.72. The number of imidazole rings is 1. The first-order valence-corrected chi connectivity index (χ1v) is 6.82. The fourth-order valence-electron chi connectivity index (χ4n) is 2.35. The lowest BCUT2D eigenvalue weighted by atomic mass is 10.2. The van der Waals surface area contributed by atoms with Crippen LogP contribution in [0.3, 0.4) is 0 Å². The summed E-state index contributed by atoms with van der Waals surface area (Å²) < 4.78 is 7.29. The monoisotopic (exact) mass is 276 g/mol. The number of nitrogens with zero attached hydrogens (tertiary/aromatic N) is 2. The standard InChI is InChI=1S/C15H20N2O3/c1-4-6-13-16-12-8-5-7-11(15(18)19)14(12)17(13)9-10(2)20-3/h5,7-8,10H,4,6,9H2,1-3H3,(H,18,19). The molecule has 0 saturated carbocycles. The van der Waals surface area contributed by atoms with E-state index in [2.05, 4.69) is 11.9 Å². The smallest absolute Gasteiger partial charge is 0.337 e. The maximum atomic E-state index is 11.4. The third-order valence-corrected chi connectivity index (χ3v) is 3.39. The summed E-state index contributed by atoms with van der Waals surface area (Å²) in [5.41, 5.74) is 1.71. The van der Waals surface area contributed by atoms with E-state index in [9.17, 15) is 9.90 Å². The van der Waals surface area contributed by atoms with Gasteiger partial charge in [0.1, 0.15) is 5.82 Å². The summed E-state index contributed by atoms with van der Waals surface area (Å²) in [6, 6.07) is 5.21. The van der Waals surface area contributed by atoms with Gasteiger partial charge >= 0.3 is 5.97 Å². The van der Waals surface area contributed by atoms with Crippen molar-refractivity contribution in [2.75, 3.05) is 7.11 Å². The minimum Gasteiger partial charge on any atom is -0.478 e. The lowest BCUT2D eigenvalue weighted by molar-refractivity contribution is 0.0697. The quantitative estimate of drug-likeness (QED) is 0.881. The predicted molar refractivity (Wildman–Crippen MR) is 77.2 cm³/mol. The fraction of sp³-hybridized carbons (Fsp3) is 0.467. The van der Waals surface area contributed by atoms with Crippen LogP contribution in [0, 0.1) is 0 Å². The van der Waals surface area contributed by atoms with Crippen LogP contribution in [0.4, 0.5) is 0 Å². The number of carboxylic acids is 1. The van der Waals surface area contributed by atoms with Crippen molar-refractivity contribution in [3.8, 4) is 0 Å². The van der Waals surface area contributed by atoms with E-state index in [-0.39, 0.29) is 6.10 Å². The molecule has 0 aliphatic rings. The van der Waals surface area contributed by atoms with Crippen LogP contribution in [0.25, 0.3) is 11.0 Å². The molecule has 0 radical (unpaired) electrons. The van der Waals surface area contributed by atoms with Crippen molar-refractivity contribution in [3.63, 3.8) is 0 Å². The van der Waals surface area contributed by atoms with Crippen molar-refractivity contribution >= 4 is 17.0 Å². The number of para-hydroxylation sites is 1. The summed E-state index contributed by atoms with van der Waals surface area (Å²) in [4.78, 5) is 16.0. The molecule has 0 fully saturated rings. The number of aryl methyl sites for hydroxylation is 1. The molecular weight excluding hydrogens is 256 g/mol. The van der Waals surface area contributed by atoms with Crippen LogP contribution in [0.2, 0.25) is 0 Å². The zero-order valence-corrected chi connectivity index (χ0v) is 12.1. The van der Waals surface area contributed by atoms with Gasteiger partial charge in [-0.25, -0.2) is 9.78 Å². The van der Waals surface area contributed by atoms with Crippen LogP contribution in [-0.2, 0) is 17.7 Å². The van der Waals surface area contributed by atoms with E-state index in [4.69, 9.17) is 4.74 Å². The molecule has 0 spiro atoms. The third-order valence-electron chi connectivity index (χ3n) is 3.39. The molecule has 5 nitrogen and oxygen atoms in total. The van der Waals surface area contributed by atoms with Crippen molar-refractivity contribution in [2.45, 2.75) is 39.3 Å². The molecule has 1 aromatic heterocycles. The summed E-state index contributed by atoms with van der Waals surface area (Å²) in [5.74, 6) is -0.00929. The average Bonchev–Trinajstić information content (AvgIpc) is 2.76. The number of carboxylic acid groups (broad SMARTS) is 1. The Kier molecular flexibility index (Phi) is 4.39. The van der Waals surface area contributed by atoms with Crippen molar-refractivity contribution in [1.82, 2.24) is 9.55 Å². The van der Waals surface area contributed by atoms with Gasteiger partial charge in [0.25, 0.3) is 0 Å². The zero-order valence-electron chi connectivity index (χ0n) is 12.1. The number of hydrogen-bond donors (Lipinski definition) is 1. The molecule has 5 heteroatoms.